The summed E-state index contributed by atoms with van der Waals surface area (Å²) in [5, 5.41) is 19.3. The van der Waals surface area contributed by atoms with E-state index in [2.05, 4.69) is 6.92 Å². The van der Waals surface area contributed by atoms with Crippen LogP contribution >= 0.6 is 0 Å². The number of benzene rings is 1. The van der Waals surface area contributed by atoms with Gasteiger partial charge in [0.05, 0.1) is 12.3 Å². The number of nitrogens with two attached hydrogens (primary N) is 1. The average Bonchev–Trinajstić information content (AvgIpc) is 2.68. The number of ether oxygens (including phenoxy) is 1. The fourth-order valence-corrected chi connectivity index (χ4v) is 2.98. The molecule has 0 amide bonds. The summed E-state index contributed by atoms with van der Waals surface area (Å²) >= 11 is 0. The van der Waals surface area contributed by atoms with Gasteiger partial charge >= 0.3 is 0 Å². The fraction of sp³-hybridized carbons (Fsp3) is 0.609. The maximum absolute atomic E-state index is 12.0. The molecule has 158 valence electrons. The molecule has 0 fully saturated rings. The van der Waals surface area contributed by atoms with E-state index >= 15 is 0 Å². The van der Waals surface area contributed by atoms with Crippen molar-refractivity contribution in [1.82, 2.24) is 0 Å². The van der Waals surface area contributed by atoms with Crippen molar-refractivity contribution in [3.8, 4) is 5.75 Å². The monoisotopic (exact) mass is 391 g/mol. The molecule has 0 saturated carbocycles. The highest BCUT2D eigenvalue weighted by Crippen LogP contribution is 2.21. The zero-order valence-corrected chi connectivity index (χ0v) is 17.2. The number of Topliss-reactive ketones (excluding diaryl/α,β-unsaturated/α-hetero) is 1. The third-order valence-electron chi connectivity index (χ3n) is 4.74. The number of carbonyl (C=O) groups excluding carboxylic acids is 1. The highest BCUT2D eigenvalue weighted by atomic mass is 16.6. The van der Waals surface area contributed by atoms with Crippen molar-refractivity contribution in [3.63, 3.8) is 0 Å². The van der Waals surface area contributed by atoms with Crippen LogP contribution in [0.25, 0.3) is 0 Å². The zero-order valence-electron chi connectivity index (χ0n) is 17.2. The van der Waals surface area contributed by atoms with Crippen molar-refractivity contribution in [2.24, 2.45) is 0 Å². The number of phenolic OH excluding ortho intramolecular Hbond substituents is 1. The van der Waals surface area contributed by atoms with E-state index in [1.807, 2.05) is 0 Å². The summed E-state index contributed by atoms with van der Waals surface area (Å²) in [7, 11) is 0. The Bertz CT molecular complexity index is 586. The van der Waals surface area contributed by atoms with Crippen LogP contribution < -0.4 is 5.73 Å². The summed E-state index contributed by atoms with van der Waals surface area (Å²) in [5.74, 6) is -0.261. The molecular weight excluding hydrogens is 354 g/mol. The number of unbranched alkanes of at least 4 members (excludes halogenated alkanes) is 9. The van der Waals surface area contributed by atoms with Gasteiger partial charge in [0.25, 0.3) is 0 Å². The van der Waals surface area contributed by atoms with Crippen LogP contribution in [0.2, 0.25) is 0 Å². The topological polar surface area (TPSA) is 92.8 Å². The van der Waals surface area contributed by atoms with Gasteiger partial charge in [0.15, 0.2) is 12.1 Å². The minimum Gasteiger partial charge on any atom is -0.506 e. The summed E-state index contributed by atoms with van der Waals surface area (Å²) in [6.07, 6.45) is 14.8. The van der Waals surface area contributed by atoms with Crippen LogP contribution in [0.5, 0.6) is 5.75 Å². The second-order valence-electron chi connectivity index (χ2n) is 7.27. The molecule has 1 atom stereocenters. The van der Waals surface area contributed by atoms with E-state index in [1.165, 1.54) is 69.6 Å². The maximum Gasteiger partial charge on any atom is 0.174 e. The van der Waals surface area contributed by atoms with Gasteiger partial charge in [-0.05, 0) is 30.7 Å². The molecule has 0 radical (unpaired) electrons. The number of phenols is 1. The lowest BCUT2D eigenvalue weighted by molar-refractivity contribution is -0.0652. The third-order valence-corrected chi connectivity index (χ3v) is 4.74. The summed E-state index contributed by atoms with van der Waals surface area (Å²) in [4.78, 5) is 12.0. The van der Waals surface area contributed by atoms with Gasteiger partial charge in [-0.15, -0.1) is 0 Å². The summed E-state index contributed by atoms with van der Waals surface area (Å²) < 4.78 is 5.34. The summed E-state index contributed by atoms with van der Waals surface area (Å²) in [6, 6.07) is 4.42. The van der Waals surface area contributed by atoms with Gasteiger partial charge in [-0.1, -0.05) is 70.8 Å². The Hall–Kier alpha value is -1.85. The number of rotatable bonds is 16. The van der Waals surface area contributed by atoms with Crippen molar-refractivity contribution in [3.05, 3.63) is 35.9 Å². The third kappa shape index (κ3) is 11.1. The molecule has 0 aliphatic carbocycles. The second-order valence-corrected chi connectivity index (χ2v) is 7.27. The molecule has 1 aromatic carbocycles. The Morgan fingerprint density at radius 2 is 1.68 bits per heavy atom. The smallest absolute Gasteiger partial charge is 0.174 e. The van der Waals surface area contributed by atoms with Crippen LogP contribution in [0.1, 0.15) is 87.9 Å². The van der Waals surface area contributed by atoms with E-state index in [0.29, 0.717) is 12.2 Å². The lowest BCUT2D eigenvalue weighted by Gasteiger charge is -2.08. The van der Waals surface area contributed by atoms with E-state index in [9.17, 15) is 15.0 Å². The number of hydrogen-bond donors (Lipinski definition) is 3. The van der Waals surface area contributed by atoms with Gasteiger partial charge in [0, 0.05) is 12.0 Å². The minimum absolute atomic E-state index is 0.102. The lowest BCUT2D eigenvalue weighted by atomic mass is 10.1. The van der Waals surface area contributed by atoms with E-state index in [1.54, 1.807) is 12.1 Å². The average molecular weight is 392 g/mol. The molecule has 1 aromatic rings. The Labute approximate surface area is 169 Å². The van der Waals surface area contributed by atoms with E-state index < -0.39 is 6.29 Å². The molecule has 28 heavy (non-hydrogen) atoms. The second kappa shape index (κ2) is 15.1. The molecule has 1 rings (SSSR count). The number of aromatic hydroxyl groups is 1. The first-order valence-electron chi connectivity index (χ1n) is 10.6. The first kappa shape index (κ1) is 24.2. The molecule has 5 heteroatoms. The molecule has 0 aromatic heterocycles. The van der Waals surface area contributed by atoms with E-state index in [0.717, 1.165) is 12.8 Å². The molecule has 1 unspecified atom stereocenters. The maximum atomic E-state index is 12.0. The minimum atomic E-state index is -0.994. The molecule has 0 heterocycles. The quantitative estimate of drug-likeness (QED) is 0.0881. The number of aliphatic hydroxyl groups excluding tert-OH is 1. The highest BCUT2D eigenvalue weighted by molar-refractivity contribution is 5.97. The first-order chi connectivity index (χ1) is 13.5. The van der Waals surface area contributed by atoms with Gasteiger partial charge in [-0.3, -0.25) is 4.79 Å². The summed E-state index contributed by atoms with van der Waals surface area (Å²) in [6.45, 7) is 2.75. The van der Waals surface area contributed by atoms with Gasteiger partial charge in [0.1, 0.15) is 5.75 Å². The number of hydrogen-bond acceptors (Lipinski definition) is 5. The first-order valence-corrected chi connectivity index (χ1v) is 10.6. The molecule has 0 aliphatic heterocycles. The Balaban J connectivity index is 2.04. The van der Waals surface area contributed by atoms with Gasteiger partial charge in [0.2, 0.25) is 0 Å². The molecule has 0 saturated heterocycles. The van der Waals surface area contributed by atoms with E-state index in [-0.39, 0.29) is 23.6 Å². The Morgan fingerprint density at radius 3 is 2.29 bits per heavy atom. The Morgan fingerprint density at radius 1 is 1.07 bits per heavy atom. The van der Waals surface area contributed by atoms with Crippen molar-refractivity contribution in [2.75, 3.05) is 12.3 Å². The number of allylic oxidation sites excluding steroid dienone is 1. The van der Waals surface area contributed by atoms with Crippen molar-refractivity contribution in [2.45, 2.75) is 83.8 Å². The predicted octanol–water partition coefficient (Wildman–Crippen LogP) is 5.36. The number of carbonyl (C=O) groups is 1. The van der Waals surface area contributed by atoms with Crippen LogP contribution in [0.3, 0.4) is 0 Å². The number of ketones is 1. The predicted molar refractivity (Wildman–Crippen MR) is 114 cm³/mol. The van der Waals surface area contributed by atoms with Gasteiger partial charge in [-0.2, -0.15) is 0 Å². The number of aliphatic hydroxyl groups is 1. The van der Waals surface area contributed by atoms with Gasteiger partial charge in [-0.25, -0.2) is 0 Å². The largest absolute Gasteiger partial charge is 0.506 e. The SMILES string of the molecule is CCCCCCCCCCCCOC(O)C=CCC(=O)c1ccc(N)c(O)c1. The van der Waals surface area contributed by atoms with Crippen molar-refractivity contribution < 1.29 is 19.7 Å². The van der Waals surface area contributed by atoms with Crippen molar-refractivity contribution in [1.29, 1.82) is 0 Å². The highest BCUT2D eigenvalue weighted by Gasteiger charge is 2.07. The van der Waals surface area contributed by atoms with Crippen molar-refractivity contribution >= 4 is 11.5 Å². The lowest BCUT2D eigenvalue weighted by Crippen LogP contribution is -2.09. The molecule has 0 bridgehead atoms. The van der Waals surface area contributed by atoms with Crippen LogP contribution in [0, 0.1) is 0 Å². The van der Waals surface area contributed by atoms with Crippen LogP contribution in [-0.2, 0) is 4.74 Å². The van der Waals surface area contributed by atoms with E-state index in [4.69, 9.17) is 10.5 Å². The van der Waals surface area contributed by atoms with Crippen LogP contribution in [-0.4, -0.2) is 28.9 Å². The Kier molecular flexibility index (Phi) is 13.1. The summed E-state index contributed by atoms with van der Waals surface area (Å²) in [5.41, 5.74) is 6.14. The van der Waals surface area contributed by atoms with Gasteiger partial charge < -0.3 is 20.7 Å². The van der Waals surface area contributed by atoms with Crippen LogP contribution in [0.4, 0.5) is 5.69 Å². The number of nitrogen functional groups attached to an aromatic ring is 1. The molecule has 0 spiro atoms. The molecule has 0 aliphatic rings. The standard InChI is InChI=1S/C23H37NO4/c1-2-3-4-5-6-7-8-9-10-11-17-28-23(27)14-12-13-21(25)19-15-16-20(24)22(26)18-19/h12,14-16,18,23,26-27H,2-11,13,17,24H2,1H3. The normalized spacial score (nSPS) is 12.5. The fourth-order valence-electron chi connectivity index (χ4n) is 2.98. The van der Waals surface area contributed by atoms with Crippen LogP contribution in [0.15, 0.2) is 30.4 Å². The molecule has 5 nitrogen and oxygen atoms in total. The number of anilines is 1. The molecular formula is C23H37NO4. The zero-order chi connectivity index (χ0) is 20.6. The molecule has 4 N–H and O–H groups in total.